The Morgan fingerprint density at radius 1 is 1.64 bits per heavy atom. The molecule has 0 radical (unpaired) electrons. The van der Waals surface area contributed by atoms with Crippen molar-refractivity contribution in [3.05, 3.63) is 0 Å². The van der Waals surface area contributed by atoms with Crippen LogP contribution >= 0.6 is 11.8 Å². The molecule has 0 unspecified atom stereocenters. The molecule has 0 aliphatic heterocycles. The van der Waals surface area contributed by atoms with E-state index in [0.717, 1.165) is 13.0 Å². The summed E-state index contributed by atoms with van der Waals surface area (Å²) in [7, 11) is 1.81. The number of hydrogen-bond donors (Lipinski definition) is 1. The van der Waals surface area contributed by atoms with Crippen molar-refractivity contribution in [2.75, 3.05) is 32.1 Å². The highest BCUT2D eigenvalue weighted by Gasteiger charge is 2.05. The van der Waals surface area contributed by atoms with Gasteiger partial charge in [-0.15, -0.1) is 0 Å². The van der Waals surface area contributed by atoms with Gasteiger partial charge in [0.05, 0.1) is 5.75 Å². The minimum Gasteiger partial charge on any atom is -0.345 e. The van der Waals surface area contributed by atoms with E-state index in [0.29, 0.717) is 12.3 Å². The second-order valence-corrected chi connectivity index (χ2v) is 3.26. The van der Waals surface area contributed by atoms with Gasteiger partial charge in [-0.25, -0.2) is 0 Å². The zero-order valence-electron chi connectivity index (χ0n) is 7.17. The van der Waals surface area contributed by atoms with Gasteiger partial charge in [0.25, 0.3) is 0 Å². The van der Waals surface area contributed by atoms with Crippen LogP contribution in [0.2, 0.25) is 0 Å². The van der Waals surface area contributed by atoms with Gasteiger partial charge < -0.3 is 10.6 Å². The Morgan fingerprint density at radius 3 is 2.73 bits per heavy atom. The number of nitrogens with two attached hydrogens (primary N) is 1. The minimum absolute atomic E-state index is 0.186. The Hall–Kier alpha value is -0.220. The molecule has 0 aromatic heterocycles. The fourth-order valence-corrected chi connectivity index (χ4v) is 1.15. The molecule has 0 bridgehead atoms. The molecular weight excluding hydrogens is 160 g/mol. The molecular formula is C7H16N2OS. The monoisotopic (exact) mass is 176 g/mol. The second kappa shape index (κ2) is 6.49. The highest BCUT2D eigenvalue weighted by Crippen LogP contribution is 1.95. The van der Waals surface area contributed by atoms with Crippen molar-refractivity contribution >= 4 is 17.7 Å². The molecule has 0 aromatic rings. The molecule has 0 atom stereocenters. The molecule has 0 aliphatic carbocycles. The van der Waals surface area contributed by atoms with Crippen molar-refractivity contribution in [1.29, 1.82) is 0 Å². The van der Waals surface area contributed by atoms with Crippen LogP contribution in [0.25, 0.3) is 0 Å². The third-order valence-electron chi connectivity index (χ3n) is 1.39. The Balaban J connectivity index is 3.46. The lowest BCUT2D eigenvalue weighted by Gasteiger charge is -2.15. The molecule has 3 nitrogen and oxygen atoms in total. The summed E-state index contributed by atoms with van der Waals surface area (Å²) in [4.78, 5) is 12.8. The van der Waals surface area contributed by atoms with Crippen LogP contribution in [0.3, 0.4) is 0 Å². The van der Waals surface area contributed by atoms with Gasteiger partial charge in [-0.3, -0.25) is 4.79 Å². The van der Waals surface area contributed by atoms with Crippen molar-refractivity contribution in [2.24, 2.45) is 5.73 Å². The number of rotatable bonds is 5. The van der Waals surface area contributed by atoms with Crippen molar-refractivity contribution in [3.8, 4) is 0 Å². The number of carbonyl (C=O) groups is 1. The van der Waals surface area contributed by atoms with Gasteiger partial charge in [0.15, 0.2) is 0 Å². The zero-order valence-corrected chi connectivity index (χ0v) is 7.99. The van der Waals surface area contributed by atoms with Crippen LogP contribution in [0.15, 0.2) is 0 Å². The first-order valence-corrected chi connectivity index (χ1v) is 5.04. The van der Waals surface area contributed by atoms with E-state index >= 15 is 0 Å². The molecule has 4 heteroatoms. The number of nitrogens with zero attached hydrogens (tertiary/aromatic N) is 1. The summed E-state index contributed by atoms with van der Waals surface area (Å²) in [5.74, 6) is 0.757. The van der Waals surface area contributed by atoms with Crippen LogP contribution in [0.5, 0.6) is 0 Å². The second-order valence-electron chi connectivity index (χ2n) is 2.39. The predicted molar refractivity (Wildman–Crippen MR) is 49.7 cm³/mol. The Labute approximate surface area is 72.3 Å². The molecule has 0 heterocycles. The van der Waals surface area contributed by atoms with Crippen LogP contribution < -0.4 is 5.73 Å². The minimum atomic E-state index is 0.186. The topological polar surface area (TPSA) is 46.3 Å². The Kier molecular flexibility index (Phi) is 6.36. The molecule has 2 N–H and O–H groups in total. The van der Waals surface area contributed by atoms with E-state index in [4.69, 9.17) is 5.73 Å². The maximum absolute atomic E-state index is 11.1. The van der Waals surface area contributed by atoms with Gasteiger partial charge >= 0.3 is 0 Å². The molecule has 1 amide bonds. The van der Waals surface area contributed by atoms with Crippen LogP contribution in [-0.2, 0) is 4.79 Å². The SMILES string of the molecule is CSCC(=O)N(C)CCCN. The smallest absolute Gasteiger partial charge is 0.232 e. The maximum Gasteiger partial charge on any atom is 0.232 e. The standard InChI is InChI=1S/C7H16N2OS/c1-9(5-3-4-8)7(10)6-11-2/h3-6,8H2,1-2H3. The summed E-state index contributed by atoms with van der Waals surface area (Å²) in [6.07, 6.45) is 2.81. The summed E-state index contributed by atoms with van der Waals surface area (Å²) in [6.45, 7) is 1.42. The average molecular weight is 176 g/mol. The van der Waals surface area contributed by atoms with E-state index in [-0.39, 0.29) is 5.91 Å². The number of amides is 1. The van der Waals surface area contributed by atoms with Crippen LogP contribution in [0.1, 0.15) is 6.42 Å². The zero-order chi connectivity index (χ0) is 8.69. The lowest BCUT2D eigenvalue weighted by molar-refractivity contribution is -0.127. The molecule has 0 aliphatic rings. The molecule has 11 heavy (non-hydrogen) atoms. The van der Waals surface area contributed by atoms with Crippen molar-refractivity contribution in [2.45, 2.75) is 6.42 Å². The molecule has 66 valence electrons. The Morgan fingerprint density at radius 2 is 2.27 bits per heavy atom. The van der Waals surface area contributed by atoms with Crippen molar-refractivity contribution in [3.63, 3.8) is 0 Å². The van der Waals surface area contributed by atoms with Crippen LogP contribution in [-0.4, -0.2) is 43.0 Å². The largest absolute Gasteiger partial charge is 0.345 e. The third-order valence-corrected chi connectivity index (χ3v) is 1.93. The lowest BCUT2D eigenvalue weighted by Crippen LogP contribution is -2.30. The van der Waals surface area contributed by atoms with E-state index in [1.807, 2.05) is 13.3 Å². The third kappa shape index (κ3) is 5.09. The van der Waals surface area contributed by atoms with Crippen LogP contribution in [0, 0.1) is 0 Å². The van der Waals surface area contributed by atoms with E-state index in [1.165, 1.54) is 0 Å². The number of carbonyl (C=O) groups excluding carboxylic acids is 1. The van der Waals surface area contributed by atoms with E-state index in [9.17, 15) is 4.79 Å². The fraction of sp³-hybridized carbons (Fsp3) is 0.857. The molecule has 0 fully saturated rings. The number of thioether (sulfide) groups is 1. The van der Waals surface area contributed by atoms with Gasteiger partial charge in [-0.05, 0) is 19.2 Å². The molecule has 0 rings (SSSR count). The maximum atomic E-state index is 11.1. The van der Waals surface area contributed by atoms with E-state index < -0.39 is 0 Å². The summed E-state index contributed by atoms with van der Waals surface area (Å²) in [5, 5.41) is 0. The highest BCUT2D eigenvalue weighted by atomic mass is 32.2. The van der Waals surface area contributed by atoms with Gasteiger partial charge in [0, 0.05) is 13.6 Å². The Bertz CT molecular complexity index is 119. The van der Waals surface area contributed by atoms with Gasteiger partial charge in [0.2, 0.25) is 5.91 Å². The summed E-state index contributed by atoms with van der Waals surface area (Å²) >= 11 is 1.55. The molecule has 0 saturated carbocycles. The van der Waals surface area contributed by atoms with E-state index in [2.05, 4.69) is 0 Å². The van der Waals surface area contributed by atoms with Gasteiger partial charge in [0.1, 0.15) is 0 Å². The molecule has 0 saturated heterocycles. The first kappa shape index (κ1) is 10.8. The van der Waals surface area contributed by atoms with Crippen LogP contribution in [0.4, 0.5) is 0 Å². The first-order valence-electron chi connectivity index (χ1n) is 3.65. The fourth-order valence-electron chi connectivity index (χ4n) is 0.687. The van der Waals surface area contributed by atoms with Crippen molar-refractivity contribution in [1.82, 2.24) is 4.90 Å². The van der Waals surface area contributed by atoms with Gasteiger partial charge in [-0.2, -0.15) is 11.8 Å². The molecule has 0 aromatic carbocycles. The average Bonchev–Trinajstić information content (AvgIpc) is 2.00. The predicted octanol–water partition coefficient (Wildman–Crippen LogP) is 0.157. The quantitative estimate of drug-likeness (QED) is 0.649. The summed E-state index contributed by atoms with van der Waals surface area (Å²) < 4.78 is 0. The molecule has 0 spiro atoms. The van der Waals surface area contributed by atoms with E-state index in [1.54, 1.807) is 16.7 Å². The summed E-state index contributed by atoms with van der Waals surface area (Å²) in [5.41, 5.74) is 5.31. The first-order chi connectivity index (χ1) is 5.22. The lowest BCUT2D eigenvalue weighted by atomic mass is 10.4. The van der Waals surface area contributed by atoms with Gasteiger partial charge in [-0.1, -0.05) is 0 Å². The number of hydrogen-bond acceptors (Lipinski definition) is 3. The normalized spacial score (nSPS) is 9.73. The highest BCUT2D eigenvalue weighted by molar-refractivity contribution is 7.99. The summed E-state index contributed by atoms with van der Waals surface area (Å²) in [6, 6.07) is 0. The van der Waals surface area contributed by atoms with Crippen molar-refractivity contribution < 1.29 is 4.79 Å².